The van der Waals surface area contributed by atoms with E-state index in [9.17, 15) is 0 Å². The number of aromatic nitrogens is 4. The summed E-state index contributed by atoms with van der Waals surface area (Å²) >= 11 is 6.16. The Hall–Kier alpha value is -2.34. The number of halogens is 1. The van der Waals surface area contributed by atoms with Gasteiger partial charge in [-0.05, 0) is 31.2 Å². The van der Waals surface area contributed by atoms with Crippen molar-refractivity contribution in [3.05, 3.63) is 47.2 Å². The first-order chi connectivity index (χ1) is 11.7. The van der Waals surface area contributed by atoms with Crippen LogP contribution < -0.4 is 9.64 Å². The van der Waals surface area contributed by atoms with Crippen molar-refractivity contribution >= 4 is 23.1 Å². The van der Waals surface area contributed by atoms with Crippen LogP contribution in [0, 0.1) is 6.92 Å². The highest BCUT2D eigenvalue weighted by Gasteiger charge is 2.22. The first-order valence-electron chi connectivity index (χ1n) is 8.06. The number of anilines is 1. The van der Waals surface area contributed by atoms with Crippen molar-refractivity contribution < 1.29 is 4.74 Å². The number of para-hydroxylation sites is 1. The molecule has 0 N–H and O–H groups in total. The molecule has 0 saturated carbocycles. The molecule has 1 aromatic carbocycles. The van der Waals surface area contributed by atoms with Gasteiger partial charge in [0.05, 0.1) is 5.02 Å². The third-order valence-corrected chi connectivity index (χ3v) is 4.51. The van der Waals surface area contributed by atoms with Crippen LogP contribution in [-0.2, 0) is 0 Å². The summed E-state index contributed by atoms with van der Waals surface area (Å²) in [4.78, 5) is 6.56. The van der Waals surface area contributed by atoms with Crippen LogP contribution in [0.4, 0.5) is 5.82 Å². The standard InChI is InChI=1S/C17H18ClN5O/c1-12-19-16-6-7-17(21-23(16)20-12)22-10-8-13(9-11-22)24-15-5-3-2-4-14(15)18/h2-7,13H,8-11H2,1H3. The lowest BCUT2D eigenvalue weighted by Crippen LogP contribution is -2.39. The Kier molecular flexibility index (Phi) is 3.98. The highest BCUT2D eigenvalue weighted by atomic mass is 35.5. The Balaban J connectivity index is 1.42. The molecule has 0 atom stereocenters. The molecule has 1 aliphatic heterocycles. The number of fused-ring (bicyclic) bond motifs is 1. The lowest BCUT2D eigenvalue weighted by atomic mass is 10.1. The summed E-state index contributed by atoms with van der Waals surface area (Å²) in [5.41, 5.74) is 0.771. The second-order valence-corrected chi connectivity index (χ2v) is 6.34. The molecule has 0 spiro atoms. The van der Waals surface area contributed by atoms with E-state index < -0.39 is 0 Å². The fraction of sp³-hybridized carbons (Fsp3) is 0.353. The maximum Gasteiger partial charge on any atom is 0.176 e. The van der Waals surface area contributed by atoms with E-state index in [-0.39, 0.29) is 6.10 Å². The normalized spacial score (nSPS) is 15.8. The molecule has 1 fully saturated rings. The minimum atomic E-state index is 0.179. The Morgan fingerprint density at radius 1 is 1.08 bits per heavy atom. The van der Waals surface area contributed by atoms with E-state index in [2.05, 4.69) is 20.1 Å². The minimum absolute atomic E-state index is 0.179. The van der Waals surface area contributed by atoms with Gasteiger partial charge >= 0.3 is 0 Å². The first kappa shape index (κ1) is 15.2. The van der Waals surface area contributed by atoms with Gasteiger partial charge in [-0.15, -0.1) is 14.8 Å². The minimum Gasteiger partial charge on any atom is -0.489 e. The molecule has 24 heavy (non-hydrogen) atoms. The second kappa shape index (κ2) is 6.28. The average Bonchev–Trinajstić information content (AvgIpc) is 2.97. The van der Waals surface area contributed by atoms with Gasteiger partial charge in [-0.1, -0.05) is 23.7 Å². The molecular formula is C17H18ClN5O. The molecule has 4 rings (SSSR count). The SMILES string of the molecule is Cc1nc2ccc(N3CCC(Oc4ccccc4Cl)CC3)nn2n1. The van der Waals surface area contributed by atoms with Crippen LogP contribution in [-0.4, -0.2) is 39.0 Å². The van der Waals surface area contributed by atoms with E-state index in [1.165, 1.54) is 0 Å². The molecule has 1 aliphatic rings. The summed E-state index contributed by atoms with van der Waals surface area (Å²) < 4.78 is 7.63. The van der Waals surface area contributed by atoms with Gasteiger partial charge in [0, 0.05) is 25.9 Å². The summed E-state index contributed by atoms with van der Waals surface area (Å²) in [6.07, 6.45) is 2.04. The van der Waals surface area contributed by atoms with Crippen LogP contribution in [0.25, 0.3) is 5.65 Å². The van der Waals surface area contributed by atoms with Gasteiger partial charge in [-0.2, -0.15) is 0 Å². The van der Waals surface area contributed by atoms with Crippen molar-refractivity contribution in [2.75, 3.05) is 18.0 Å². The molecule has 0 amide bonds. The molecule has 0 unspecified atom stereocenters. The van der Waals surface area contributed by atoms with Gasteiger partial charge in [0.2, 0.25) is 0 Å². The molecule has 3 aromatic rings. The van der Waals surface area contributed by atoms with Gasteiger partial charge in [-0.25, -0.2) is 4.98 Å². The molecule has 0 radical (unpaired) electrons. The molecular weight excluding hydrogens is 326 g/mol. The van der Waals surface area contributed by atoms with E-state index in [4.69, 9.17) is 16.3 Å². The van der Waals surface area contributed by atoms with Gasteiger partial charge in [-0.3, -0.25) is 0 Å². The van der Waals surface area contributed by atoms with Gasteiger partial charge in [0.15, 0.2) is 11.5 Å². The van der Waals surface area contributed by atoms with Gasteiger partial charge in [0.25, 0.3) is 0 Å². The second-order valence-electron chi connectivity index (χ2n) is 5.93. The number of benzene rings is 1. The van der Waals surface area contributed by atoms with Crippen molar-refractivity contribution in [1.29, 1.82) is 0 Å². The highest BCUT2D eigenvalue weighted by molar-refractivity contribution is 6.32. The number of ether oxygens (including phenoxy) is 1. The molecule has 2 aromatic heterocycles. The fourth-order valence-electron chi connectivity index (χ4n) is 2.97. The third kappa shape index (κ3) is 3.01. The average molecular weight is 344 g/mol. The third-order valence-electron chi connectivity index (χ3n) is 4.20. The van der Waals surface area contributed by atoms with Crippen LogP contribution >= 0.6 is 11.6 Å². The van der Waals surface area contributed by atoms with E-state index in [0.717, 1.165) is 49.0 Å². The maximum atomic E-state index is 6.16. The summed E-state index contributed by atoms with van der Waals surface area (Å²) in [7, 11) is 0. The highest BCUT2D eigenvalue weighted by Crippen LogP contribution is 2.27. The van der Waals surface area contributed by atoms with Crippen LogP contribution in [0.5, 0.6) is 5.75 Å². The number of hydrogen-bond acceptors (Lipinski definition) is 5. The Labute approximate surface area is 145 Å². The number of hydrogen-bond donors (Lipinski definition) is 0. The monoisotopic (exact) mass is 343 g/mol. The maximum absolute atomic E-state index is 6.16. The number of aryl methyl sites for hydroxylation is 1. The first-order valence-corrected chi connectivity index (χ1v) is 8.44. The summed E-state index contributed by atoms with van der Waals surface area (Å²) in [6.45, 7) is 3.65. The lowest BCUT2D eigenvalue weighted by molar-refractivity contribution is 0.171. The smallest absolute Gasteiger partial charge is 0.176 e. The summed E-state index contributed by atoms with van der Waals surface area (Å²) in [5.74, 6) is 2.41. The topological polar surface area (TPSA) is 55.5 Å². The Morgan fingerprint density at radius 2 is 1.88 bits per heavy atom. The van der Waals surface area contributed by atoms with Gasteiger partial charge < -0.3 is 9.64 Å². The van der Waals surface area contributed by atoms with Crippen molar-refractivity contribution in [2.45, 2.75) is 25.9 Å². The predicted octanol–water partition coefficient (Wildman–Crippen LogP) is 3.13. The van der Waals surface area contributed by atoms with Crippen molar-refractivity contribution in [3.63, 3.8) is 0 Å². The fourth-order valence-corrected chi connectivity index (χ4v) is 3.15. The van der Waals surface area contributed by atoms with Crippen LogP contribution in [0.15, 0.2) is 36.4 Å². The zero-order chi connectivity index (χ0) is 16.5. The zero-order valence-corrected chi connectivity index (χ0v) is 14.1. The quantitative estimate of drug-likeness (QED) is 0.731. The molecule has 0 bridgehead atoms. The van der Waals surface area contributed by atoms with Crippen LogP contribution in [0.3, 0.4) is 0 Å². The van der Waals surface area contributed by atoms with E-state index >= 15 is 0 Å². The number of piperidine rings is 1. The number of rotatable bonds is 3. The van der Waals surface area contributed by atoms with Crippen LogP contribution in [0.1, 0.15) is 18.7 Å². The van der Waals surface area contributed by atoms with E-state index in [0.29, 0.717) is 5.02 Å². The molecule has 1 saturated heterocycles. The Bertz CT molecular complexity index is 857. The summed E-state index contributed by atoms with van der Waals surface area (Å²) in [6, 6.07) is 11.6. The molecule has 3 heterocycles. The molecule has 0 aliphatic carbocycles. The van der Waals surface area contributed by atoms with E-state index in [1.54, 1.807) is 4.63 Å². The summed E-state index contributed by atoms with van der Waals surface area (Å²) in [5, 5.41) is 9.49. The molecule has 124 valence electrons. The predicted molar refractivity (Wildman–Crippen MR) is 92.8 cm³/mol. The van der Waals surface area contributed by atoms with Gasteiger partial charge in [0.1, 0.15) is 17.7 Å². The zero-order valence-electron chi connectivity index (χ0n) is 13.4. The molecule has 7 heteroatoms. The number of nitrogens with zero attached hydrogens (tertiary/aromatic N) is 5. The largest absolute Gasteiger partial charge is 0.489 e. The van der Waals surface area contributed by atoms with Crippen molar-refractivity contribution in [3.8, 4) is 5.75 Å². The van der Waals surface area contributed by atoms with Crippen molar-refractivity contribution in [1.82, 2.24) is 19.8 Å². The lowest BCUT2D eigenvalue weighted by Gasteiger charge is -2.32. The Morgan fingerprint density at radius 3 is 2.67 bits per heavy atom. The van der Waals surface area contributed by atoms with Crippen molar-refractivity contribution in [2.24, 2.45) is 0 Å². The van der Waals surface area contributed by atoms with E-state index in [1.807, 2.05) is 43.3 Å². The van der Waals surface area contributed by atoms with Crippen LogP contribution in [0.2, 0.25) is 5.02 Å². The molecule has 6 nitrogen and oxygen atoms in total.